The minimum absolute atomic E-state index is 0.0579. The van der Waals surface area contributed by atoms with Crippen molar-refractivity contribution >= 4 is 23.6 Å². The van der Waals surface area contributed by atoms with Crippen LogP contribution in [0.15, 0.2) is 67.3 Å². The molecule has 4 heterocycles. The Hall–Kier alpha value is -5.06. The van der Waals surface area contributed by atoms with Crippen molar-refractivity contribution in [2.45, 2.75) is 62.9 Å². The number of urea groups is 1. The number of nitrogens with one attached hydrogen (secondary N) is 3. The van der Waals surface area contributed by atoms with E-state index >= 15 is 0 Å². The summed E-state index contributed by atoms with van der Waals surface area (Å²) >= 11 is 0. The van der Waals surface area contributed by atoms with E-state index in [1.807, 2.05) is 55.7 Å². The first-order chi connectivity index (χ1) is 22.5. The fourth-order valence-corrected chi connectivity index (χ4v) is 5.93. The van der Waals surface area contributed by atoms with Crippen LogP contribution in [0.2, 0.25) is 0 Å². The molecular weight excluding hydrogens is 584 g/mol. The Labute approximate surface area is 267 Å². The average molecular weight is 623 g/mol. The number of aliphatic hydroxyl groups excluding tert-OH is 1. The Kier molecular flexibility index (Phi) is 9.66. The number of anilines is 3. The molecule has 1 saturated heterocycles. The summed E-state index contributed by atoms with van der Waals surface area (Å²) in [5.41, 5.74) is 3.20. The second-order valence-electron chi connectivity index (χ2n) is 11.7. The van der Waals surface area contributed by atoms with Crippen LogP contribution in [0.5, 0.6) is 0 Å². The van der Waals surface area contributed by atoms with Gasteiger partial charge in [0, 0.05) is 55.8 Å². The van der Waals surface area contributed by atoms with Gasteiger partial charge in [-0.15, -0.1) is 0 Å². The van der Waals surface area contributed by atoms with E-state index in [4.69, 9.17) is 9.72 Å². The van der Waals surface area contributed by atoms with Crippen LogP contribution in [0, 0.1) is 11.3 Å². The fourth-order valence-electron chi connectivity index (χ4n) is 5.93. The van der Waals surface area contributed by atoms with Crippen LogP contribution in [0.1, 0.15) is 43.2 Å². The molecule has 13 heteroatoms. The first kappa shape index (κ1) is 30.9. The molecule has 6 rings (SSSR count). The van der Waals surface area contributed by atoms with Crippen molar-refractivity contribution in [3.8, 4) is 17.2 Å². The molecule has 0 radical (unpaired) electrons. The number of rotatable bonds is 9. The highest BCUT2D eigenvalue weighted by Gasteiger charge is 2.31. The maximum Gasteiger partial charge on any atom is 0.323 e. The molecule has 4 N–H and O–H groups in total. The number of carbonyl (C=O) groups is 1. The molecular formula is C33H38N10O3. The van der Waals surface area contributed by atoms with Crippen LogP contribution in [0.4, 0.5) is 22.4 Å². The molecule has 13 nitrogen and oxygen atoms in total. The van der Waals surface area contributed by atoms with E-state index in [0.29, 0.717) is 49.3 Å². The molecule has 1 unspecified atom stereocenters. The van der Waals surface area contributed by atoms with Crippen molar-refractivity contribution < 1.29 is 14.6 Å². The van der Waals surface area contributed by atoms with E-state index in [9.17, 15) is 15.2 Å². The van der Waals surface area contributed by atoms with Gasteiger partial charge in [-0.3, -0.25) is 9.58 Å². The molecule has 1 saturated carbocycles. The molecule has 4 aromatic rings. The third-order valence-corrected chi connectivity index (χ3v) is 8.48. The highest BCUT2D eigenvalue weighted by molar-refractivity contribution is 5.91. The zero-order valence-electron chi connectivity index (χ0n) is 25.7. The second-order valence-corrected chi connectivity index (χ2v) is 11.7. The Morgan fingerprint density at radius 2 is 1.87 bits per heavy atom. The number of benzene rings is 1. The molecule has 0 spiro atoms. The van der Waals surface area contributed by atoms with Crippen molar-refractivity contribution in [3.63, 3.8) is 0 Å². The number of carbonyl (C=O) groups excluding carboxylic acids is 1. The van der Waals surface area contributed by atoms with E-state index in [0.717, 1.165) is 42.4 Å². The van der Waals surface area contributed by atoms with Gasteiger partial charge in [-0.2, -0.15) is 15.3 Å². The number of hydrogen-bond donors (Lipinski definition) is 4. The number of aromatic nitrogens is 5. The number of hydrogen-bond acceptors (Lipinski definition) is 10. The van der Waals surface area contributed by atoms with Crippen molar-refractivity contribution in [1.82, 2.24) is 30.0 Å². The van der Waals surface area contributed by atoms with E-state index in [2.05, 4.69) is 37.1 Å². The Morgan fingerprint density at radius 1 is 1.04 bits per heavy atom. The molecule has 1 aliphatic heterocycles. The number of ether oxygens (including phenoxy) is 1. The van der Waals surface area contributed by atoms with Gasteiger partial charge in [0.25, 0.3) is 0 Å². The standard InChI is InChI=1S/C33H38N10O3/c1-42-20-25(19-38-42)23-7-12-30(35-17-23)43(33(45)37-16-22-5-3-2-4-6-22)27-10-8-26(9-11-27)39-32-36-18-24(15-34)31(41-32)40-28-21-46-14-13-29(28)44/h2-7,12,17-20,26-29,44H,8-11,13-14,16,21H2,1H3,(H,37,45)(H2,36,39,40,41)/t26-,27-,28?,29-/m1/s1. The lowest BCUT2D eigenvalue weighted by atomic mass is 9.90. The molecule has 2 amide bonds. The van der Waals surface area contributed by atoms with Crippen molar-refractivity contribution in [3.05, 3.63) is 78.4 Å². The lowest BCUT2D eigenvalue weighted by Gasteiger charge is -2.36. The van der Waals surface area contributed by atoms with Crippen molar-refractivity contribution in [1.29, 1.82) is 5.26 Å². The third kappa shape index (κ3) is 7.42. The van der Waals surface area contributed by atoms with Gasteiger partial charge >= 0.3 is 6.03 Å². The van der Waals surface area contributed by atoms with E-state index in [-0.39, 0.29) is 24.2 Å². The maximum atomic E-state index is 13.7. The summed E-state index contributed by atoms with van der Waals surface area (Å²) in [6, 6.07) is 15.3. The largest absolute Gasteiger partial charge is 0.391 e. The van der Waals surface area contributed by atoms with Gasteiger partial charge in [0.05, 0.1) is 31.1 Å². The number of aryl methyl sites for hydroxylation is 1. The third-order valence-electron chi connectivity index (χ3n) is 8.48. The van der Waals surface area contributed by atoms with Gasteiger partial charge in [-0.05, 0) is 49.8 Å². The summed E-state index contributed by atoms with van der Waals surface area (Å²) in [6.45, 7) is 1.25. The van der Waals surface area contributed by atoms with Gasteiger partial charge in [0.15, 0.2) is 0 Å². The normalized spacial score (nSPS) is 21.2. The lowest BCUT2D eigenvalue weighted by molar-refractivity contribution is 0.00304. The van der Waals surface area contributed by atoms with E-state index in [1.54, 1.807) is 22.0 Å². The summed E-state index contributed by atoms with van der Waals surface area (Å²) in [5.74, 6) is 1.36. The number of amides is 2. The van der Waals surface area contributed by atoms with Crippen molar-refractivity contribution in [2.75, 3.05) is 28.7 Å². The Balaban J connectivity index is 1.13. The molecule has 1 aromatic carbocycles. The minimum Gasteiger partial charge on any atom is -0.391 e. The first-order valence-corrected chi connectivity index (χ1v) is 15.6. The molecule has 0 bridgehead atoms. The predicted octanol–water partition coefficient (Wildman–Crippen LogP) is 3.84. The quantitative estimate of drug-likeness (QED) is 0.215. The summed E-state index contributed by atoms with van der Waals surface area (Å²) in [5, 5.41) is 33.9. The van der Waals surface area contributed by atoms with Crippen LogP contribution in [-0.4, -0.2) is 73.3 Å². The van der Waals surface area contributed by atoms with Crippen LogP contribution in [0.3, 0.4) is 0 Å². The lowest BCUT2D eigenvalue weighted by Crippen LogP contribution is -2.49. The van der Waals surface area contributed by atoms with Crippen LogP contribution < -0.4 is 20.9 Å². The SMILES string of the molecule is Cn1cc(-c2ccc(N(C(=O)NCc3ccccc3)[C@H]3CC[C@H](Nc4ncc(C#N)c(NC5COCC[C@H]5O)n4)CC3)nc2)cn1. The Morgan fingerprint density at radius 3 is 2.57 bits per heavy atom. The van der Waals surface area contributed by atoms with Crippen LogP contribution in [0.25, 0.3) is 11.1 Å². The molecule has 2 aliphatic rings. The number of nitrogens with zero attached hydrogens (tertiary/aromatic N) is 7. The van der Waals surface area contributed by atoms with Gasteiger partial charge in [0.2, 0.25) is 5.95 Å². The van der Waals surface area contributed by atoms with Crippen molar-refractivity contribution in [2.24, 2.45) is 7.05 Å². The second kappa shape index (κ2) is 14.4. The maximum absolute atomic E-state index is 13.7. The monoisotopic (exact) mass is 622 g/mol. The fraction of sp³-hybridized carbons (Fsp3) is 0.394. The summed E-state index contributed by atoms with van der Waals surface area (Å²) in [7, 11) is 1.87. The number of pyridine rings is 1. The molecule has 238 valence electrons. The van der Waals surface area contributed by atoms with E-state index in [1.165, 1.54) is 6.20 Å². The van der Waals surface area contributed by atoms with Gasteiger partial charge in [-0.25, -0.2) is 14.8 Å². The summed E-state index contributed by atoms with van der Waals surface area (Å²) < 4.78 is 7.23. The predicted molar refractivity (Wildman–Crippen MR) is 173 cm³/mol. The first-order valence-electron chi connectivity index (χ1n) is 15.6. The molecule has 2 atom stereocenters. The molecule has 46 heavy (non-hydrogen) atoms. The summed E-state index contributed by atoms with van der Waals surface area (Å²) in [4.78, 5) is 29.1. The van der Waals surface area contributed by atoms with Gasteiger partial charge in [0.1, 0.15) is 23.3 Å². The minimum atomic E-state index is -0.587. The summed E-state index contributed by atoms with van der Waals surface area (Å²) in [6.07, 6.45) is 9.97. The average Bonchev–Trinajstić information content (AvgIpc) is 3.53. The molecule has 2 fully saturated rings. The topological polar surface area (TPSA) is 166 Å². The van der Waals surface area contributed by atoms with Gasteiger partial charge < -0.3 is 25.8 Å². The van der Waals surface area contributed by atoms with Crippen LogP contribution in [-0.2, 0) is 18.3 Å². The van der Waals surface area contributed by atoms with Crippen LogP contribution >= 0.6 is 0 Å². The van der Waals surface area contributed by atoms with E-state index < -0.39 is 6.10 Å². The molecule has 3 aromatic heterocycles. The smallest absolute Gasteiger partial charge is 0.323 e. The van der Waals surface area contributed by atoms with Gasteiger partial charge in [-0.1, -0.05) is 30.3 Å². The zero-order valence-corrected chi connectivity index (χ0v) is 25.7. The molecule has 1 aliphatic carbocycles. The number of aliphatic hydroxyl groups is 1. The highest BCUT2D eigenvalue weighted by Crippen LogP contribution is 2.30. The highest BCUT2D eigenvalue weighted by atomic mass is 16.5. The zero-order chi connectivity index (χ0) is 31.9. The number of nitriles is 1. The Bertz CT molecular complexity index is 1650.